The van der Waals surface area contributed by atoms with Crippen molar-refractivity contribution < 1.29 is 9.32 Å². The minimum Gasteiger partial charge on any atom is -0.343 e. The Morgan fingerprint density at radius 2 is 2.44 bits per heavy atom. The number of carbonyl (C=O) groups excluding carboxylic acids is 1. The first kappa shape index (κ1) is 12.1. The Labute approximate surface area is 103 Å². The number of carbonyl (C=O) groups is 1. The molecule has 2 rings (SSSR count). The molecule has 2 aromatic rings. The predicted octanol–water partition coefficient (Wildman–Crippen LogP) is -0.504. The second-order valence-electron chi connectivity index (χ2n) is 3.70. The number of amides is 1. The highest BCUT2D eigenvalue weighted by molar-refractivity contribution is 5.75. The molecule has 18 heavy (non-hydrogen) atoms. The van der Waals surface area contributed by atoms with E-state index in [0.29, 0.717) is 18.1 Å². The van der Waals surface area contributed by atoms with Crippen molar-refractivity contribution >= 4 is 5.91 Å². The van der Waals surface area contributed by atoms with Crippen molar-refractivity contribution in [2.45, 2.75) is 32.9 Å². The molecule has 0 saturated heterocycles. The molecule has 2 heterocycles. The monoisotopic (exact) mass is 251 g/mol. The molecule has 0 saturated carbocycles. The molecule has 9 nitrogen and oxygen atoms in total. The molecule has 1 amide bonds. The third-order valence-electron chi connectivity index (χ3n) is 2.25. The normalized spacial score (nSPS) is 12.3. The lowest BCUT2D eigenvalue weighted by molar-refractivity contribution is -0.122. The fraction of sp³-hybridized carbons (Fsp3) is 0.556. The van der Waals surface area contributed by atoms with Crippen LogP contribution in [0.1, 0.15) is 31.6 Å². The van der Waals surface area contributed by atoms with E-state index in [1.807, 2.05) is 6.92 Å². The van der Waals surface area contributed by atoms with E-state index in [0.717, 1.165) is 0 Å². The summed E-state index contributed by atoms with van der Waals surface area (Å²) in [5, 5.41) is 17.0. The van der Waals surface area contributed by atoms with E-state index in [9.17, 15) is 4.79 Å². The highest BCUT2D eigenvalue weighted by Gasteiger charge is 2.16. The van der Waals surface area contributed by atoms with E-state index in [-0.39, 0.29) is 18.5 Å². The quantitative estimate of drug-likeness (QED) is 0.762. The van der Waals surface area contributed by atoms with Gasteiger partial charge in [-0.1, -0.05) is 12.1 Å². The number of aromatic nitrogens is 6. The second kappa shape index (κ2) is 5.34. The van der Waals surface area contributed by atoms with Crippen molar-refractivity contribution in [1.82, 2.24) is 35.7 Å². The molecule has 1 N–H and O–H groups in total. The zero-order valence-electron chi connectivity index (χ0n) is 10.1. The standard InChI is InChI=1S/C9H13N7O2/c1-3-7-12-9(18-13-7)6(2)11-8(17)4-16-5-10-14-15-16/h5-6H,3-4H2,1-2H3,(H,11,17). The Hall–Kier alpha value is -2.32. The summed E-state index contributed by atoms with van der Waals surface area (Å²) in [6.07, 6.45) is 2.06. The molecule has 0 bridgehead atoms. The smallest absolute Gasteiger partial charge is 0.248 e. The van der Waals surface area contributed by atoms with Crippen LogP contribution in [0.5, 0.6) is 0 Å². The maximum atomic E-state index is 11.7. The maximum absolute atomic E-state index is 11.7. The largest absolute Gasteiger partial charge is 0.343 e. The summed E-state index contributed by atoms with van der Waals surface area (Å²) >= 11 is 0. The van der Waals surface area contributed by atoms with Gasteiger partial charge in [0.15, 0.2) is 5.82 Å². The molecule has 2 aromatic heterocycles. The summed E-state index contributed by atoms with van der Waals surface area (Å²) in [6, 6.07) is -0.346. The van der Waals surface area contributed by atoms with Gasteiger partial charge in [-0.3, -0.25) is 4.79 Å². The van der Waals surface area contributed by atoms with Crippen LogP contribution in [-0.2, 0) is 17.8 Å². The number of aryl methyl sites for hydroxylation is 1. The molecule has 96 valence electrons. The Morgan fingerprint density at radius 1 is 1.61 bits per heavy atom. The van der Waals surface area contributed by atoms with Crippen LogP contribution in [0.25, 0.3) is 0 Å². The van der Waals surface area contributed by atoms with Crippen LogP contribution >= 0.6 is 0 Å². The fourth-order valence-electron chi connectivity index (χ4n) is 1.34. The lowest BCUT2D eigenvalue weighted by Crippen LogP contribution is -2.30. The summed E-state index contributed by atoms with van der Waals surface area (Å²) in [5.74, 6) is 0.773. The van der Waals surface area contributed by atoms with Crippen molar-refractivity contribution in [3.8, 4) is 0 Å². The summed E-state index contributed by atoms with van der Waals surface area (Å²) in [4.78, 5) is 15.8. The van der Waals surface area contributed by atoms with Crippen molar-refractivity contribution in [2.75, 3.05) is 0 Å². The van der Waals surface area contributed by atoms with Crippen molar-refractivity contribution in [2.24, 2.45) is 0 Å². The fourth-order valence-corrected chi connectivity index (χ4v) is 1.34. The van der Waals surface area contributed by atoms with Crippen LogP contribution in [0.3, 0.4) is 0 Å². The molecule has 0 radical (unpaired) electrons. The number of rotatable bonds is 5. The van der Waals surface area contributed by atoms with E-state index in [2.05, 4.69) is 31.0 Å². The molecule has 0 aliphatic carbocycles. The van der Waals surface area contributed by atoms with Gasteiger partial charge in [-0.2, -0.15) is 4.98 Å². The van der Waals surface area contributed by atoms with E-state index in [1.54, 1.807) is 6.92 Å². The van der Waals surface area contributed by atoms with E-state index in [4.69, 9.17) is 4.52 Å². The SMILES string of the molecule is CCc1noc(C(C)NC(=O)Cn2cnnn2)n1. The van der Waals surface area contributed by atoms with Gasteiger partial charge in [-0.15, -0.1) is 5.10 Å². The Balaban J connectivity index is 1.90. The molecule has 0 aliphatic rings. The first-order chi connectivity index (χ1) is 8.69. The first-order valence-electron chi connectivity index (χ1n) is 5.51. The minimum absolute atomic E-state index is 0.0477. The lowest BCUT2D eigenvalue weighted by atomic mass is 10.3. The van der Waals surface area contributed by atoms with E-state index in [1.165, 1.54) is 11.0 Å². The van der Waals surface area contributed by atoms with Gasteiger partial charge >= 0.3 is 0 Å². The third kappa shape index (κ3) is 2.87. The molecular weight excluding hydrogens is 238 g/mol. The van der Waals surface area contributed by atoms with Crippen LogP contribution in [0.4, 0.5) is 0 Å². The first-order valence-corrected chi connectivity index (χ1v) is 5.51. The highest BCUT2D eigenvalue weighted by atomic mass is 16.5. The predicted molar refractivity (Wildman–Crippen MR) is 58.1 cm³/mol. The summed E-state index contributed by atoms with van der Waals surface area (Å²) in [5.41, 5.74) is 0. The van der Waals surface area contributed by atoms with Gasteiger partial charge in [0.2, 0.25) is 11.8 Å². The summed E-state index contributed by atoms with van der Waals surface area (Å²) in [6.45, 7) is 3.74. The maximum Gasteiger partial charge on any atom is 0.248 e. The molecular formula is C9H13N7O2. The number of hydrogen-bond acceptors (Lipinski definition) is 7. The number of tetrazole rings is 1. The topological polar surface area (TPSA) is 112 Å². The second-order valence-corrected chi connectivity index (χ2v) is 3.70. The number of nitrogens with one attached hydrogen (secondary N) is 1. The van der Waals surface area contributed by atoms with Crippen molar-refractivity contribution in [1.29, 1.82) is 0 Å². The highest BCUT2D eigenvalue weighted by Crippen LogP contribution is 2.09. The van der Waals surface area contributed by atoms with Gasteiger partial charge in [0.25, 0.3) is 0 Å². The zero-order chi connectivity index (χ0) is 13.0. The molecule has 1 atom stereocenters. The molecule has 0 spiro atoms. The molecule has 0 aliphatic heterocycles. The van der Waals surface area contributed by atoms with E-state index >= 15 is 0 Å². The van der Waals surface area contributed by atoms with Gasteiger partial charge < -0.3 is 9.84 Å². The minimum atomic E-state index is -0.346. The number of nitrogens with zero attached hydrogens (tertiary/aromatic N) is 6. The molecule has 9 heteroatoms. The molecule has 1 unspecified atom stereocenters. The third-order valence-corrected chi connectivity index (χ3v) is 2.25. The van der Waals surface area contributed by atoms with Crippen LogP contribution in [0.15, 0.2) is 10.9 Å². The van der Waals surface area contributed by atoms with Gasteiger partial charge in [-0.25, -0.2) is 4.68 Å². The van der Waals surface area contributed by atoms with Crippen molar-refractivity contribution in [3.63, 3.8) is 0 Å². The zero-order valence-corrected chi connectivity index (χ0v) is 10.1. The van der Waals surface area contributed by atoms with Crippen LogP contribution in [-0.4, -0.2) is 36.3 Å². The lowest BCUT2D eigenvalue weighted by Gasteiger charge is -2.08. The average Bonchev–Trinajstić information content (AvgIpc) is 2.98. The molecule has 0 aromatic carbocycles. The average molecular weight is 251 g/mol. The van der Waals surface area contributed by atoms with Crippen LogP contribution in [0, 0.1) is 0 Å². The van der Waals surface area contributed by atoms with E-state index < -0.39 is 0 Å². The van der Waals surface area contributed by atoms with Gasteiger partial charge in [0.05, 0.1) is 0 Å². The van der Waals surface area contributed by atoms with Gasteiger partial charge in [-0.05, 0) is 17.4 Å². The number of hydrogen-bond donors (Lipinski definition) is 1. The van der Waals surface area contributed by atoms with Crippen LogP contribution < -0.4 is 5.32 Å². The Bertz CT molecular complexity index is 507. The Morgan fingerprint density at radius 3 is 3.06 bits per heavy atom. The molecule has 0 fully saturated rings. The van der Waals surface area contributed by atoms with Gasteiger partial charge in [0.1, 0.15) is 18.9 Å². The van der Waals surface area contributed by atoms with Crippen LogP contribution in [0.2, 0.25) is 0 Å². The van der Waals surface area contributed by atoms with Crippen molar-refractivity contribution in [3.05, 3.63) is 18.0 Å². The Kier molecular flexibility index (Phi) is 3.60. The summed E-state index contributed by atoms with van der Waals surface area (Å²) < 4.78 is 6.36. The van der Waals surface area contributed by atoms with Gasteiger partial charge in [0, 0.05) is 6.42 Å². The summed E-state index contributed by atoms with van der Waals surface area (Å²) in [7, 11) is 0.